The average Bonchev–Trinajstić information content (AvgIpc) is 2.42. The number of esters is 1. The summed E-state index contributed by atoms with van der Waals surface area (Å²) in [6, 6.07) is 12.8. The van der Waals surface area contributed by atoms with Crippen molar-refractivity contribution in [3.05, 3.63) is 30.3 Å². The Bertz CT molecular complexity index is 363. The second-order valence-electron chi connectivity index (χ2n) is 4.88. The number of hydrogen-bond donors (Lipinski definition) is 0. The molecule has 18 heavy (non-hydrogen) atoms. The lowest BCUT2D eigenvalue weighted by Crippen LogP contribution is -2.41. The normalized spacial score (nSPS) is 13.1. The summed E-state index contributed by atoms with van der Waals surface area (Å²) in [5.74, 6) is 0.596. The van der Waals surface area contributed by atoms with Crippen LogP contribution in [0.2, 0.25) is 23.7 Å². The fourth-order valence-electron chi connectivity index (χ4n) is 2.61. The van der Waals surface area contributed by atoms with Gasteiger partial charge in [0.15, 0.2) is 0 Å². The van der Waals surface area contributed by atoms with Crippen molar-refractivity contribution < 1.29 is 9.53 Å². The first kappa shape index (κ1) is 15.0. The first-order valence-electron chi connectivity index (χ1n) is 6.86. The van der Waals surface area contributed by atoms with Crippen LogP contribution in [0.3, 0.4) is 0 Å². The second-order valence-corrected chi connectivity index (χ2v) is 10.6. The Kier molecular flexibility index (Phi) is 5.60. The number of carbonyl (C=O) groups excluding carboxylic acids is 1. The third kappa shape index (κ3) is 3.22. The fourth-order valence-corrected chi connectivity index (χ4v) is 6.51. The van der Waals surface area contributed by atoms with Crippen LogP contribution in [-0.2, 0) is 4.79 Å². The van der Waals surface area contributed by atoms with E-state index in [2.05, 4.69) is 20.8 Å². The molecule has 1 atom stereocenters. The molecule has 3 heteroatoms. The molecule has 0 saturated carbocycles. The summed E-state index contributed by atoms with van der Waals surface area (Å²) in [5.41, 5.74) is 0.0673. The number of ether oxygens (including phenoxy) is 1. The smallest absolute Gasteiger partial charge is 0.311 e. The van der Waals surface area contributed by atoms with E-state index in [4.69, 9.17) is 4.74 Å². The summed E-state index contributed by atoms with van der Waals surface area (Å²) in [6.07, 6.45) is 0. The van der Waals surface area contributed by atoms with Crippen LogP contribution in [0.5, 0.6) is 5.75 Å². The van der Waals surface area contributed by atoms with Crippen molar-refractivity contribution in [2.24, 2.45) is 0 Å². The summed E-state index contributed by atoms with van der Waals surface area (Å²) < 4.78 is 5.48. The van der Waals surface area contributed by atoms with Gasteiger partial charge in [-0.2, -0.15) is 0 Å². The summed E-state index contributed by atoms with van der Waals surface area (Å²) >= 11 is 0. The zero-order chi connectivity index (χ0) is 13.6. The van der Waals surface area contributed by atoms with Crippen LogP contribution in [0.15, 0.2) is 30.3 Å². The molecule has 0 aliphatic carbocycles. The van der Waals surface area contributed by atoms with Gasteiger partial charge in [-0.15, -0.1) is 0 Å². The molecule has 0 spiro atoms. The van der Waals surface area contributed by atoms with Gasteiger partial charge in [0, 0.05) is 5.54 Å². The molecule has 1 unspecified atom stereocenters. The highest BCUT2D eigenvalue weighted by Crippen LogP contribution is 2.34. The molecular weight excluding hydrogens is 240 g/mol. The molecule has 2 nitrogen and oxygen atoms in total. The predicted octanol–water partition coefficient (Wildman–Crippen LogP) is 4.49. The lowest BCUT2D eigenvalue weighted by atomic mass is 10.3. The van der Waals surface area contributed by atoms with Gasteiger partial charge in [0.2, 0.25) is 0 Å². The SMILES string of the molecule is CC[Si](CC)(CC)C(C)C(=O)Oc1ccccc1. The van der Waals surface area contributed by atoms with E-state index in [1.54, 1.807) is 0 Å². The van der Waals surface area contributed by atoms with Crippen molar-refractivity contribution in [1.82, 2.24) is 0 Å². The van der Waals surface area contributed by atoms with E-state index in [0.717, 1.165) is 18.1 Å². The van der Waals surface area contributed by atoms with Gasteiger partial charge >= 0.3 is 5.97 Å². The molecule has 1 aromatic rings. The molecule has 0 aliphatic heterocycles. The topological polar surface area (TPSA) is 26.3 Å². The molecule has 1 aromatic carbocycles. The summed E-state index contributed by atoms with van der Waals surface area (Å²) in [6.45, 7) is 8.69. The van der Waals surface area contributed by atoms with Crippen LogP contribution in [0.25, 0.3) is 0 Å². The molecule has 0 aromatic heterocycles. The molecule has 0 N–H and O–H groups in total. The van der Waals surface area contributed by atoms with Crippen LogP contribution in [0.4, 0.5) is 0 Å². The monoisotopic (exact) mass is 264 g/mol. The molecule has 1 rings (SSSR count). The summed E-state index contributed by atoms with van der Waals surface area (Å²) in [5, 5.41) is 0. The maximum absolute atomic E-state index is 12.2. The number of benzene rings is 1. The Balaban J connectivity index is 2.77. The molecule has 0 heterocycles. The molecule has 0 amide bonds. The molecule has 0 aliphatic rings. The van der Waals surface area contributed by atoms with E-state index in [-0.39, 0.29) is 11.5 Å². The van der Waals surface area contributed by atoms with Gasteiger partial charge in [-0.3, -0.25) is 4.79 Å². The van der Waals surface area contributed by atoms with Crippen molar-refractivity contribution in [1.29, 1.82) is 0 Å². The molecule has 100 valence electrons. The Hall–Kier alpha value is -1.09. The third-order valence-corrected chi connectivity index (χ3v) is 10.6. The quantitative estimate of drug-likeness (QED) is 0.430. The van der Waals surface area contributed by atoms with E-state index >= 15 is 0 Å². The van der Waals surface area contributed by atoms with Crippen molar-refractivity contribution in [2.45, 2.75) is 51.4 Å². The number of hydrogen-bond acceptors (Lipinski definition) is 2. The van der Waals surface area contributed by atoms with Crippen LogP contribution in [0, 0.1) is 0 Å². The van der Waals surface area contributed by atoms with Crippen LogP contribution in [0.1, 0.15) is 27.7 Å². The summed E-state index contributed by atoms with van der Waals surface area (Å²) in [7, 11) is -1.51. The predicted molar refractivity (Wildman–Crippen MR) is 78.7 cm³/mol. The zero-order valence-corrected chi connectivity index (χ0v) is 12.9. The number of carbonyl (C=O) groups is 1. The maximum atomic E-state index is 12.2. The minimum Gasteiger partial charge on any atom is -0.427 e. The van der Waals surface area contributed by atoms with Gasteiger partial charge in [0.1, 0.15) is 5.75 Å². The first-order chi connectivity index (χ1) is 8.59. The Morgan fingerprint density at radius 1 is 1.11 bits per heavy atom. The van der Waals surface area contributed by atoms with Crippen LogP contribution in [-0.4, -0.2) is 14.0 Å². The van der Waals surface area contributed by atoms with E-state index in [0.29, 0.717) is 5.75 Å². The number of rotatable bonds is 6. The fraction of sp³-hybridized carbons (Fsp3) is 0.533. The largest absolute Gasteiger partial charge is 0.427 e. The molecule has 0 fully saturated rings. The highest BCUT2D eigenvalue weighted by Gasteiger charge is 2.38. The first-order valence-corrected chi connectivity index (χ1v) is 9.56. The van der Waals surface area contributed by atoms with Crippen molar-refractivity contribution in [3.63, 3.8) is 0 Å². The summed E-state index contributed by atoms with van der Waals surface area (Å²) in [4.78, 5) is 12.2. The van der Waals surface area contributed by atoms with Gasteiger partial charge in [0.25, 0.3) is 0 Å². The van der Waals surface area contributed by atoms with E-state index in [1.165, 1.54) is 0 Å². The molecule has 0 saturated heterocycles. The highest BCUT2D eigenvalue weighted by molar-refractivity contribution is 6.83. The third-order valence-electron chi connectivity index (χ3n) is 4.35. The molecular formula is C15H24O2Si. The van der Waals surface area contributed by atoms with Crippen molar-refractivity contribution in [3.8, 4) is 5.75 Å². The van der Waals surface area contributed by atoms with Gasteiger partial charge in [-0.25, -0.2) is 0 Å². The van der Waals surface area contributed by atoms with E-state index in [1.807, 2.05) is 37.3 Å². The van der Waals surface area contributed by atoms with Gasteiger partial charge in [-0.05, 0) is 12.1 Å². The van der Waals surface area contributed by atoms with E-state index < -0.39 is 8.07 Å². The molecule has 0 radical (unpaired) electrons. The minimum atomic E-state index is -1.51. The van der Waals surface area contributed by atoms with Crippen molar-refractivity contribution >= 4 is 14.0 Å². The van der Waals surface area contributed by atoms with Gasteiger partial charge in [0.05, 0.1) is 8.07 Å². The average molecular weight is 264 g/mol. The van der Waals surface area contributed by atoms with Crippen LogP contribution < -0.4 is 4.74 Å². The maximum Gasteiger partial charge on any atom is 0.311 e. The lowest BCUT2D eigenvalue weighted by Gasteiger charge is -2.33. The lowest BCUT2D eigenvalue weighted by molar-refractivity contribution is -0.134. The van der Waals surface area contributed by atoms with Crippen LogP contribution >= 0.6 is 0 Å². The Morgan fingerprint density at radius 2 is 1.61 bits per heavy atom. The number of para-hydroxylation sites is 1. The second kappa shape index (κ2) is 6.74. The van der Waals surface area contributed by atoms with Gasteiger partial charge in [-0.1, -0.05) is 64.0 Å². The Labute approximate surface area is 111 Å². The zero-order valence-electron chi connectivity index (χ0n) is 11.9. The van der Waals surface area contributed by atoms with Crippen molar-refractivity contribution in [2.75, 3.05) is 0 Å². The minimum absolute atomic E-state index is 0.0570. The Morgan fingerprint density at radius 3 is 2.06 bits per heavy atom. The standard InChI is InChI=1S/C15H24O2Si/c1-5-18(6-2,7-3)13(4)15(16)17-14-11-9-8-10-12-14/h8-13H,5-7H2,1-4H3. The highest BCUT2D eigenvalue weighted by atomic mass is 28.3. The van der Waals surface area contributed by atoms with E-state index in [9.17, 15) is 4.79 Å². The molecule has 0 bridgehead atoms. The van der Waals surface area contributed by atoms with Gasteiger partial charge < -0.3 is 4.74 Å².